The molecule has 0 radical (unpaired) electrons. The molecule has 0 fully saturated rings. The standard InChI is InChI=1S/C18H15N7O2/c1-27-9-7-22-18(26)16-6-8-25(24-16)15-4-2-14(3-5-15)23-17(12-21)13(10-19)11-20/h2-6,8,23H,7,9H2,1H3,(H,22,26). The van der Waals surface area contributed by atoms with Gasteiger partial charge in [0.2, 0.25) is 0 Å². The Balaban J connectivity index is 2.11. The molecule has 27 heavy (non-hydrogen) atoms. The fourth-order valence-electron chi connectivity index (χ4n) is 2.07. The van der Waals surface area contributed by atoms with Gasteiger partial charge in [-0.15, -0.1) is 0 Å². The minimum Gasteiger partial charge on any atom is -0.383 e. The van der Waals surface area contributed by atoms with Gasteiger partial charge >= 0.3 is 0 Å². The molecule has 0 aliphatic heterocycles. The highest BCUT2D eigenvalue weighted by Crippen LogP contribution is 2.16. The third-order valence-electron chi connectivity index (χ3n) is 3.40. The lowest BCUT2D eigenvalue weighted by atomic mass is 10.2. The van der Waals surface area contributed by atoms with Crippen molar-refractivity contribution < 1.29 is 9.53 Å². The van der Waals surface area contributed by atoms with Gasteiger partial charge < -0.3 is 15.4 Å². The SMILES string of the molecule is COCCNC(=O)c1ccn(-c2ccc(NC(C#N)=C(C#N)C#N)cc2)n1. The molecule has 2 N–H and O–H groups in total. The highest BCUT2D eigenvalue weighted by Gasteiger charge is 2.10. The van der Waals surface area contributed by atoms with Gasteiger partial charge in [0.05, 0.1) is 12.3 Å². The molecular formula is C18H15N7O2. The zero-order valence-corrected chi connectivity index (χ0v) is 14.4. The summed E-state index contributed by atoms with van der Waals surface area (Å²) >= 11 is 0. The van der Waals surface area contributed by atoms with Gasteiger partial charge in [-0.25, -0.2) is 4.68 Å². The summed E-state index contributed by atoms with van der Waals surface area (Å²) in [6.07, 6.45) is 1.65. The molecule has 0 bridgehead atoms. The second-order valence-electron chi connectivity index (χ2n) is 5.15. The van der Waals surface area contributed by atoms with E-state index in [2.05, 4.69) is 15.7 Å². The van der Waals surface area contributed by atoms with E-state index in [1.54, 1.807) is 61.8 Å². The summed E-state index contributed by atoms with van der Waals surface area (Å²) < 4.78 is 6.41. The largest absolute Gasteiger partial charge is 0.383 e. The molecule has 1 amide bonds. The number of anilines is 1. The summed E-state index contributed by atoms with van der Waals surface area (Å²) in [6, 6.07) is 13.5. The van der Waals surface area contributed by atoms with E-state index in [1.807, 2.05) is 0 Å². The van der Waals surface area contributed by atoms with Crippen molar-refractivity contribution in [2.75, 3.05) is 25.6 Å². The van der Waals surface area contributed by atoms with Crippen LogP contribution in [0.4, 0.5) is 5.69 Å². The first-order chi connectivity index (χ1) is 13.1. The molecule has 0 saturated carbocycles. The molecule has 2 rings (SSSR count). The Hall–Kier alpha value is -4.13. The summed E-state index contributed by atoms with van der Waals surface area (Å²) in [5.41, 5.74) is 1.08. The number of rotatable bonds is 7. The number of ether oxygens (including phenoxy) is 1. The normalized spacial score (nSPS) is 9.41. The zero-order chi connectivity index (χ0) is 19.6. The molecule has 1 aromatic heterocycles. The van der Waals surface area contributed by atoms with Crippen LogP contribution in [0.5, 0.6) is 0 Å². The number of aromatic nitrogens is 2. The lowest BCUT2D eigenvalue weighted by molar-refractivity contribution is 0.0931. The maximum Gasteiger partial charge on any atom is 0.271 e. The van der Waals surface area contributed by atoms with Crippen LogP contribution in [0.15, 0.2) is 47.8 Å². The Labute approximate surface area is 155 Å². The summed E-state index contributed by atoms with van der Waals surface area (Å²) in [6.45, 7) is 0.810. The van der Waals surface area contributed by atoms with Gasteiger partial charge in [-0.1, -0.05) is 0 Å². The maximum atomic E-state index is 12.0. The third-order valence-corrected chi connectivity index (χ3v) is 3.40. The number of amides is 1. The summed E-state index contributed by atoms with van der Waals surface area (Å²) in [4.78, 5) is 12.0. The highest BCUT2D eigenvalue weighted by atomic mass is 16.5. The number of allylic oxidation sites excluding steroid dienone is 2. The molecule has 0 unspecified atom stereocenters. The number of methoxy groups -OCH3 is 1. The molecule has 1 heterocycles. The van der Waals surface area contributed by atoms with E-state index in [1.165, 1.54) is 4.68 Å². The number of hydrogen-bond donors (Lipinski definition) is 2. The summed E-state index contributed by atoms with van der Waals surface area (Å²) in [5, 5.41) is 36.4. The molecule has 0 saturated heterocycles. The Bertz CT molecular complexity index is 953. The number of carbonyl (C=O) groups excluding carboxylic acids is 1. The van der Waals surface area contributed by atoms with Crippen molar-refractivity contribution in [1.29, 1.82) is 15.8 Å². The molecular weight excluding hydrogens is 346 g/mol. The zero-order valence-electron chi connectivity index (χ0n) is 14.4. The van der Waals surface area contributed by atoms with Gasteiger partial charge in [0.25, 0.3) is 5.91 Å². The second-order valence-corrected chi connectivity index (χ2v) is 5.15. The average Bonchev–Trinajstić information content (AvgIpc) is 3.19. The van der Waals surface area contributed by atoms with Crippen molar-refractivity contribution >= 4 is 11.6 Å². The summed E-state index contributed by atoms with van der Waals surface area (Å²) in [7, 11) is 1.55. The van der Waals surface area contributed by atoms with Crippen molar-refractivity contribution in [1.82, 2.24) is 15.1 Å². The van der Waals surface area contributed by atoms with E-state index in [9.17, 15) is 4.79 Å². The fourth-order valence-corrected chi connectivity index (χ4v) is 2.07. The van der Waals surface area contributed by atoms with Crippen LogP contribution < -0.4 is 10.6 Å². The Morgan fingerprint density at radius 2 is 1.85 bits per heavy atom. The Morgan fingerprint density at radius 1 is 1.15 bits per heavy atom. The quantitative estimate of drug-likeness (QED) is 0.562. The van der Waals surface area contributed by atoms with Crippen molar-refractivity contribution in [3.8, 4) is 23.9 Å². The van der Waals surface area contributed by atoms with Gasteiger partial charge in [0.1, 0.15) is 23.9 Å². The Kier molecular flexibility index (Phi) is 6.67. The van der Waals surface area contributed by atoms with E-state index in [4.69, 9.17) is 20.5 Å². The molecule has 0 spiro atoms. The van der Waals surface area contributed by atoms with Gasteiger partial charge in [-0.2, -0.15) is 20.9 Å². The van der Waals surface area contributed by atoms with E-state index in [0.717, 1.165) is 0 Å². The molecule has 2 aromatic rings. The van der Waals surface area contributed by atoms with E-state index >= 15 is 0 Å². The monoisotopic (exact) mass is 361 g/mol. The molecule has 0 aliphatic rings. The van der Waals surface area contributed by atoms with Crippen LogP contribution in [-0.2, 0) is 4.74 Å². The van der Waals surface area contributed by atoms with Gasteiger partial charge in [-0.3, -0.25) is 4.79 Å². The van der Waals surface area contributed by atoms with Crippen LogP contribution in [-0.4, -0.2) is 35.9 Å². The number of carbonyl (C=O) groups is 1. The third kappa shape index (κ3) is 4.93. The molecule has 134 valence electrons. The van der Waals surface area contributed by atoms with Crippen molar-refractivity contribution in [3.63, 3.8) is 0 Å². The molecule has 1 aromatic carbocycles. The topological polar surface area (TPSA) is 140 Å². The van der Waals surface area contributed by atoms with Gasteiger partial charge in [0, 0.05) is 25.5 Å². The van der Waals surface area contributed by atoms with Gasteiger partial charge in [-0.05, 0) is 30.3 Å². The number of hydrogen-bond acceptors (Lipinski definition) is 7. The predicted octanol–water partition coefficient (Wildman–Crippen LogP) is 1.49. The molecule has 0 atom stereocenters. The first-order valence-corrected chi connectivity index (χ1v) is 7.77. The van der Waals surface area contributed by atoms with Crippen molar-refractivity contribution in [3.05, 3.63) is 53.5 Å². The number of benzene rings is 1. The Morgan fingerprint density at radius 3 is 2.44 bits per heavy atom. The molecule has 0 aliphatic carbocycles. The molecule has 9 heteroatoms. The van der Waals surface area contributed by atoms with Crippen LogP contribution in [0, 0.1) is 34.0 Å². The summed E-state index contributed by atoms with van der Waals surface area (Å²) in [5.74, 6) is -0.298. The first-order valence-electron chi connectivity index (χ1n) is 7.77. The number of nitriles is 3. The van der Waals surface area contributed by atoms with Crippen molar-refractivity contribution in [2.24, 2.45) is 0 Å². The van der Waals surface area contributed by atoms with Crippen LogP contribution in [0.2, 0.25) is 0 Å². The van der Waals surface area contributed by atoms with E-state index < -0.39 is 0 Å². The minimum atomic E-state index is -0.298. The lowest BCUT2D eigenvalue weighted by Crippen LogP contribution is -2.27. The van der Waals surface area contributed by atoms with Crippen LogP contribution in [0.3, 0.4) is 0 Å². The highest BCUT2D eigenvalue weighted by molar-refractivity contribution is 5.92. The second kappa shape index (κ2) is 9.38. The number of nitrogens with zero attached hydrogens (tertiary/aromatic N) is 5. The predicted molar refractivity (Wildman–Crippen MR) is 95.3 cm³/mol. The molecule has 9 nitrogen and oxygen atoms in total. The number of nitrogens with one attached hydrogen (secondary N) is 2. The fraction of sp³-hybridized carbons (Fsp3) is 0.167. The van der Waals surface area contributed by atoms with E-state index in [-0.39, 0.29) is 22.9 Å². The van der Waals surface area contributed by atoms with Crippen molar-refractivity contribution in [2.45, 2.75) is 0 Å². The van der Waals surface area contributed by atoms with Gasteiger partial charge in [0.15, 0.2) is 11.3 Å². The van der Waals surface area contributed by atoms with Crippen LogP contribution in [0.25, 0.3) is 5.69 Å². The average molecular weight is 361 g/mol. The first kappa shape index (κ1) is 19.2. The lowest BCUT2D eigenvalue weighted by Gasteiger charge is -2.06. The minimum absolute atomic E-state index is 0.123. The maximum absolute atomic E-state index is 12.0. The smallest absolute Gasteiger partial charge is 0.271 e. The van der Waals surface area contributed by atoms with Crippen LogP contribution in [0.1, 0.15) is 10.5 Å². The van der Waals surface area contributed by atoms with Crippen LogP contribution >= 0.6 is 0 Å². The van der Waals surface area contributed by atoms with E-state index in [0.29, 0.717) is 24.5 Å².